The van der Waals surface area contributed by atoms with Crippen LogP contribution in [0.1, 0.15) is 18.5 Å². The number of hydrogen-bond donors (Lipinski definition) is 1. The first-order valence-corrected chi connectivity index (χ1v) is 8.30. The molecule has 16 heavy (non-hydrogen) atoms. The lowest BCUT2D eigenvalue weighted by Gasteiger charge is -2.15. The highest BCUT2D eigenvalue weighted by molar-refractivity contribution is 9.11. The van der Waals surface area contributed by atoms with Crippen LogP contribution >= 0.6 is 31.9 Å². The highest BCUT2D eigenvalue weighted by Crippen LogP contribution is 2.26. The molecule has 0 heterocycles. The highest BCUT2D eigenvalue weighted by Gasteiger charge is 2.08. The summed E-state index contributed by atoms with van der Waals surface area (Å²) in [6.45, 7) is 2.87. The van der Waals surface area contributed by atoms with Crippen LogP contribution < -0.4 is 5.32 Å². The summed E-state index contributed by atoms with van der Waals surface area (Å²) >= 11 is 6.97. The number of halogens is 2. The number of nitrogens with one attached hydrogen (secondary N) is 1. The maximum absolute atomic E-state index is 10.9. The van der Waals surface area contributed by atoms with Crippen molar-refractivity contribution in [2.75, 3.05) is 18.6 Å². The Morgan fingerprint density at radius 1 is 1.44 bits per heavy atom. The largest absolute Gasteiger partial charge is 0.309 e. The van der Waals surface area contributed by atoms with E-state index in [1.165, 1.54) is 5.56 Å². The second-order valence-corrected chi connectivity index (χ2v) is 6.94. The number of benzene rings is 1. The van der Waals surface area contributed by atoms with Gasteiger partial charge in [0.15, 0.2) is 0 Å². The van der Waals surface area contributed by atoms with Gasteiger partial charge in [-0.1, -0.05) is 37.9 Å². The van der Waals surface area contributed by atoms with Crippen molar-refractivity contribution in [1.29, 1.82) is 0 Å². The minimum absolute atomic E-state index is 0.256. The summed E-state index contributed by atoms with van der Waals surface area (Å²) in [4.78, 5) is 0. The van der Waals surface area contributed by atoms with Crippen molar-refractivity contribution in [3.8, 4) is 0 Å². The zero-order chi connectivity index (χ0) is 12.1. The van der Waals surface area contributed by atoms with Gasteiger partial charge in [0.1, 0.15) is 0 Å². The molecule has 0 amide bonds. The van der Waals surface area contributed by atoms with Gasteiger partial charge in [-0.2, -0.15) is 0 Å². The average molecular weight is 369 g/mol. The molecule has 1 N–H and O–H groups in total. The molecule has 0 saturated heterocycles. The Labute approximate surface area is 116 Å². The minimum Gasteiger partial charge on any atom is -0.309 e. The molecule has 90 valence electrons. The van der Waals surface area contributed by atoms with Gasteiger partial charge in [0, 0.05) is 44.3 Å². The van der Waals surface area contributed by atoms with E-state index in [0.29, 0.717) is 5.75 Å². The van der Waals surface area contributed by atoms with E-state index < -0.39 is 10.8 Å². The molecule has 0 aliphatic heterocycles. The van der Waals surface area contributed by atoms with Crippen molar-refractivity contribution in [3.63, 3.8) is 0 Å². The van der Waals surface area contributed by atoms with Crippen LogP contribution in [-0.4, -0.2) is 22.8 Å². The maximum atomic E-state index is 10.9. The Kier molecular flexibility index (Phi) is 6.18. The van der Waals surface area contributed by atoms with Gasteiger partial charge >= 0.3 is 0 Å². The summed E-state index contributed by atoms with van der Waals surface area (Å²) in [5, 5.41) is 3.35. The fourth-order valence-electron chi connectivity index (χ4n) is 1.38. The predicted molar refractivity (Wildman–Crippen MR) is 77.2 cm³/mol. The third kappa shape index (κ3) is 4.65. The first-order valence-electron chi connectivity index (χ1n) is 4.99. The van der Waals surface area contributed by atoms with Crippen molar-refractivity contribution in [3.05, 3.63) is 32.7 Å². The van der Waals surface area contributed by atoms with Gasteiger partial charge < -0.3 is 5.32 Å². The van der Waals surface area contributed by atoms with Crippen molar-refractivity contribution in [2.45, 2.75) is 13.0 Å². The van der Waals surface area contributed by atoms with Gasteiger partial charge in [-0.25, -0.2) is 0 Å². The number of rotatable bonds is 5. The Balaban J connectivity index is 2.58. The molecule has 0 aliphatic carbocycles. The molecule has 0 bridgehead atoms. The molecule has 0 fully saturated rings. The Morgan fingerprint density at radius 2 is 2.12 bits per heavy atom. The predicted octanol–water partition coefficient (Wildman–Crippen LogP) is 3.24. The first kappa shape index (κ1) is 14.4. The van der Waals surface area contributed by atoms with E-state index in [1.807, 2.05) is 12.1 Å². The Bertz CT molecular complexity index is 384. The zero-order valence-electron chi connectivity index (χ0n) is 9.30. The minimum atomic E-state index is -0.729. The molecule has 5 heteroatoms. The molecule has 1 aromatic rings. The van der Waals surface area contributed by atoms with Gasteiger partial charge in [-0.15, -0.1) is 0 Å². The van der Waals surface area contributed by atoms with E-state index in [2.05, 4.69) is 50.2 Å². The SMILES string of the molecule is CC(NCCS(C)=O)c1ccc(Br)cc1Br. The third-order valence-corrected chi connectivity index (χ3v) is 4.23. The molecule has 2 nitrogen and oxygen atoms in total. The molecule has 0 aliphatic rings. The normalized spacial score (nSPS) is 14.8. The van der Waals surface area contributed by atoms with E-state index in [0.717, 1.165) is 15.5 Å². The molecule has 1 rings (SSSR count). The fourth-order valence-corrected chi connectivity index (χ4v) is 3.18. The second kappa shape index (κ2) is 6.89. The summed E-state index contributed by atoms with van der Waals surface area (Å²) in [5.74, 6) is 0.693. The monoisotopic (exact) mass is 367 g/mol. The molecule has 2 atom stereocenters. The van der Waals surface area contributed by atoms with Crippen LogP contribution in [0.3, 0.4) is 0 Å². The molecule has 2 unspecified atom stereocenters. The van der Waals surface area contributed by atoms with Crippen molar-refractivity contribution < 1.29 is 4.21 Å². The standard InChI is InChI=1S/C11H15Br2NOS/c1-8(14-5-6-16(2)15)10-4-3-9(12)7-11(10)13/h3-4,7-8,14H,5-6H2,1-2H3. The molecule has 0 aromatic heterocycles. The quantitative estimate of drug-likeness (QED) is 0.864. The summed E-state index contributed by atoms with van der Waals surface area (Å²) in [7, 11) is -0.729. The van der Waals surface area contributed by atoms with E-state index in [-0.39, 0.29) is 6.04 Å². The van der Waals surface area contributed by atoms with Crippen LogP contribution in [-0.2, 0) is 10.8 Å². The summed E-state index contributed by atoms with van der Waals surface area (Å²) in [6.07, 6.45) is 1.72. The van der Waals surface area contributed by atoms with E-state index in [9.17, 15) is 4.21 Å². The second-order valence-electron chi connectivity index (χ2n) is 3.62. The summed E-state index contributed by atoms with van der Waals surface area (Å²) < 4.78 is 13.1. The summed E-state index contributed by atoms with van der Waals surface area (Å²) in [5.41, 5.74) is 1.21. The average Bonchev–Trinajstić information content (AvgIpc) is 2.16. The number of hydrogen-bond acceptors (Lipinski definition) is 2. The van der Waals surface area contributed by atoms with Gasteiger partial charge in [-0.05, 0) is 24.6 Å². The van der Waals surface area contributed by atoms with Crippen LogP contribution in [0, 0.1) is 0 Å². The highest BCUT2D eigenvalue weighted by atomic mass is 79.9. The Morgan fingerprint density at radius 3 is 2.69 bits per heavy atom. The third-order valence-electron chi connectivity index (χ3n) is 2.27. The lowest BCUT2D eigenvalue weighted by atomic mass is 10.1. The van der Waals surface area contributed by atoms with Crippen LogP contribution in [0.25, 0.3) is 0 Å². The topological polar surface area (TPSA) is 29.1 Å². The van der Waals surface area contributed by atoms with Gasteiger partial charge in [-0.3, -0.25) is 4.21 Å². The van der Waals surface area contributed by atoms with E-state index in [4.69, 9.17) is 0 Å². The van der Waals surface area contributed by atoms with Gasteiger partial charge in [0.25, 0.3) is 0 Å². The smallest absolute Gasteiger partial charge is 0.0357 e. The molecular weight excluding hydrogens is 354 g/mol. The first-order chi connectivity index (χ1) is 7.50. The van der Waals surface area contributed by atoms with Gasteiger partial charge in [0.05, 0.1) is 0 Å². The lowest BCUT2D eigenvalue weighted by Crippen LogP contribution is -2.23. The van der Waals surface area contributed by atoms with Crippen LogP contribution in [0.15, 0.2) is 27.1 Å². The fraction of sp³-hybridized carbons (Fsp3) is 0.455. The van der Waals surface area contributed by atoms with E-state index in [1.54, 1.807) is 6.26 Å². The zero-order valence-corrected chi connectivity index (χ0v) is 13.3. The molecule has 1 aromatic carbocycles. The van der Waals surface area contributed by atoms with Crippen molar-refractivity contribution in [2.24, 2.45) is 0 Å². The molecule has 0 radical (unpaired) electrons. The maximum Gasteiger partial charge on any atom is 0.0357 e. The molecule has 0 spiro atoms. The Hall–Kier alpha value is 0.290. The summed E-state index contributed by atoms with van der Waals surface area (Å²) in [6, 6.07) is 6.39. The van der Waals surface area contributed by atoms with Gasteiger partial charge in [0.2, 0.25) is 0 Å². The molecular formula is C11H15Br2NOS. The van der Waals surface area contributed by atoms with Crippen LogP contribution in [0.2, 0.25) is 0 Å². The van der Waals surface area contributed by atoms with Crippen molar-refractivity contribution in [1.82, 2.24) is 5.32 Å². The lowest BCUT2D eigenvalue weighted by molar-refractivity contribution is 0.595. The molecule has 0 saturated carbocycles. The van der Waals surface area contributed by atoms with E-state index >= 15 is 0 Å². The van der Waals surface area contributed by atoms with Crippen LogP contribution in [0.5, 0.6) is 0 Å². The van der Waals surface area contributed by atoms with Crippen molar-refractivity contribution >= 4 is 42.7 Å². The van der Waals surface area contributed by atoms with Crippen LogP contribution in [0.4, 0.5) is 0 Å².